The molecule has 0 aliphatic carbocycles. The molecule has 0 spiro atoms. The van der Waals surface area contributed by atoms with Gasteiger partial charge in [-0.2, -0.15) is 0 Å². The summed E-state index contributed by atoms with van der Waals surface area (Å²) in [6.07, 6.45) is 4.70. The lowest BCUT2D eigenvalue weighted by Crippen LogP contribution is -2.48. The Morgan fingerprint density at radius 1 is 1.11 bits per heavy atom. The summed E-state index contributed by atoms with van der Waals surface area (Å²) in [5.74, 6) is 1.53. The van der Waals surface area contributed by atoms with Crippen molar-refractivity contribution in [2.75, 3.05) is 25.1 Å². The van der Waals surface area contributed by atoms with Crippen LogP contribution < -0.4 is 15.0 Å². The van der Waals surface area contributed by atoms with Gasteiger partial charge in [-0.15, -0.1) is 0 Å². The largest absolute Gasteiger partial charge is 0.497 e. The summed E-state index contributed by atoms with van der Waals surface area (Å²) < 4.78 is 5.31. The van der Waals surface area contributed by atoms with Crippen molar-refractivity contribution < 1.29 is 9.53 Å². The van der Waals surface area contributed by atoms with Gasteiger partial charge in [0.1, 0.15) is 5.75 Å². The van der Waals surface area contributed by atoms with Crippen LogP contribution in [-0.2, 0) is 11.2 Å². The van der Waals surface area contributed by atoms with Gasteiger partial charge in [0.25, 0.3) is 0 Å². The van der Waals surface area contributed by atoms with E-state index < -0.39 is 0 Å². The van der Waals surface area contributed by atoms with Gasteiger partial charge in [0, 0.05) is 18.2 Å². The van der Waals surface area contributed by atoms with Gasteiger partial charge >= 0.3 is 0 Å². The predicted molar refractivity (Wildman–Crippen MR) is 115 cm³/mol. The Morgan fingerprint density at radius 2 is 1.79 bits per heavy atom. The van der Waals surface area contributed by atoms with E-state index in [1.807, 2.05) is 31.2 Å². The summed E-state index contributed by atoms with van der Waals surface area (Å²) in [5, 5.41) is 3.46. The van der Waals surface area contributed by atoms with E-state index in [1.54, 1.807) is 7.11 Å². The van der Waals surface area contributed by atoms with Crippen LogP contribution >= 0.6 is 0 Å². The number of methoxy groups -OCH3 is 1. The quantitative estimate of drug-likeness (QED) is 0.736. The molecule has 3 rings (SSSR count). The molecule has 0 aromatic heterocycles. The Labute approximate surface area is 168 Å². The maximum atomic E-state index is 13.0. The van der Waals surface area contributed by atoms with Crippen molar-refractivity contribution in [1.82, 2.24) is 5.32 Å². The normalized spacial score (nSPS) is 15.8. The van der Waals surface area contributed by atoms with E-state index in [9.17, 15) is 4.79 Å². The van der Waals surface area contributed by atoms with Crippen molar-refractivity contribution in [2.45, 2.75) is 45.1 Å². The second-order valence-corrected chi connectivity index (χ2v) is 7.49. The van der Waals surface area contributed by atoms with Gasteiger partial charge < -0.3 is 15.0 Å². The molecule has 1 aliphatic rings. The molecule has 1 N–H and O–H groups in total. The zero-order valence-electron chi connectivity index (χ0n) is 17.1. The maximum absolute atomic E-state index is 13.0. The van der Waals surface area contributed by atoms with Crippen molar-refractivity contribution >= 4 is 11.6 Å². The van der Waals surface area contributed by atoms with Crippen LogP contribution in [0.25, 0.3) is 0 Å². The van der Waals surface area contributed by atoms with E-state index in [0.29, 0.717) is 12.3 Å². The molecule has 0 saturated carbocycles. The highest BCUT2D eigenvalue weighted by atomic mass is 16.5. The number of carbonyl (C=O) groups excluding carboxylic acids is 1. The van der Waals surface area contributed by atoms with E-state index in [4.69, 9.17) is 4.74 Å². The number of amides is 1. The number of ether oxygens (including phenoxy) is 1. The van der Waals surface area contributed by atoms with Crippen LogP contribution in [0.1, 0.15) is 38.2 Å². The van der Waals surface area contributed by atoms with Crippen molar-refractivity contribution in [3.8, 4) is 5.75 Å². The van der Waals surface area contributed by atoms with Crippen molar-refractivity contribution in [1.29, 1.82) is 0 Å². The van der Waals surface area contributed by atoms with E-state index in [-0.39, 0.29) is 11.9 Å². The smallest absolute Gasteiger partial charge is 0.226 e. The molecule has 1 saturated heterocycles. The lowest BCUT2D eigenvalue weighted by molar-refractivity contribution is -0.119. The Bertz CT molecular complexity index is 724. The number of anilines is 1. The van der Waals surface area contributed by atoms with Crippen LogP contribution in [0.4, 0.5) is 5.69 Å². The van der Waals surface area contributed by atoms with Gasteiger partial charge in [-0.3, -0.25) is 4.79 Å². The summed E-state index contributed by atoms with van der Waals surface area (Å²) in [4.78, 5) is 15.1. The second kappa shape index (κ2) is 10.3. The molecule has 2 aromatic carbocycles. The highest BCUT2D eigenvalue weighted by molar-refractivity contribution is 5.93. The van der Waals surface area contributed by atoms with E-state index >= 15 is 0 Å². The van der Waals surface area contributed by atoms with Gasteiger partial charge in [-0.1, -0.05) is 37.3 Å². The first-order valence-electron chi connectivity index (χ1n) is 10.4. The topological polar surface area (TPSA) is 41.6 Å². The standard InChI is InChI=1S/C24H32N2O2/c1-3-24(27)26(21-10-12-22(28-2)13-11-21)23(20-15-17-25-18-16-20)14-9-19-7-5-4-6-8-19/h4-8,10-13,20,23,25H,3,9,14-18H2,1-2H3. The number of hydrogen-bond acceptors (Lipinski definition) is 3. The second-order valence-electron chi connectivity index (χ2n) is 7.49. The fourth-order valence-corrected chi connectivity index (χ4v) is 4.20. The fraction of sp³-hybridized carbons (Fsp3) is 0.458. The van der Waals surface area contributed by atoms with E-state index in [0.717, 1.165) is 50.2 Å². The average Bonchev–Trinajstić information content (AvgIpc) is 2.77. The first-order chi connectivity index (χ1) is 13.7. The third-order valence-electron chi connectivity index (χ3n) is 5.75. The van der Waals surface area contributed by atoms with Gasteiger partial charge in [0.05, 0.1) is 7.11 Å². The van der Waals surface area contributed by atoms with Gasteiger partial charge in [-0.05, 0) is 74.5 Å². The van der Waals surface area contributed by atoms with Crippen molar-refractivity contribution in [2.24, 2.45) is 5.92 Å². The molecule has 28 heavy (non-hydrogen) atoms. The molecule has 1 heterocycles. The number of hydrogen-bond donors (Lipinski definition) is 1. The Kier molecular flexibility index (Phi) is 7.49. The van der Waals surface area contributed by atoms with Crippen LogP contribution in [-0.4, -0.2) is 32.1 Å². The molecule has 0 bridgehead atoms. The molecule has 1 aliphatic heterocycles. The fourth-order valence-electron chi connectivity index (χ4n) is 4.20. The Hall–Kier alpha value is -2.33. The van der Waals surface area contributed by atoms with E-state index in [1.165, 1.54) is 5.56 Å². The minimum atomic E-state index is 0.196. The molecular formula is C24H32N2O2. The number of benzene rings is 2. The minimum absolute atomic E-state index is 0.196. The predicted octanol–water partition coefficient (Wildman–Crippen LogP) is 4.44. The Morgan fingerprint density at radius 3 is 2.39 bits per heavy atom. The van der Waals surface area contributed by atoms with Gasteiger partial charge in [0.15, 0.2) is 0 Å². The molecule has 4 heteroatoms. The molecule has 1 unspecified atom stereocenters. The Balaban J connectivity index is 1.88. The van der Waals surface area contributed by atoms with Crippen LogP contribution in [0.15, 0.2) is 54.6 Å². The lowest BCUT2D eigenvalue weighted by Gasteiger charge is -2.39. The summed E-state index contributed by atoms with van der Waals surface area (Å²) in [6, 6.07) is 18.7. The number of piperidine rings is 1. The monoisotopic (exact) mass is 380 g/mol. The van der Waals surface area contributed by atoms with Gasteiger partial charge in [-0.25, -0.2) is 0 Å². The number of aryl methyl sites for hydroxylation is 1. The minimum Gasteiger partial charge on any atom is -0.497 e. The van der Waals surface area contributed by atoms with Crippen LogP contribution in [0.3, 0.4) is 0 Å². The summed E-state index contributed by atoms with van der Waals surface area (Å²) in [5.41, 5.74) is 2.31. The third-order valence-corrected chi connectivity index (χ3v) is 5.75. The van der Waals surface area contributed by atoms with E-state index in [2.05, 4.69) is 40.5 Å². The SMILES string of the molecule is CCC(=O)N(c1ccc(OC)cc1)C(CCc1ccccc1)C1CCNCC1. The molecule has 4 nitrogen and oxygen atoms in total. The lowest BCUT2D eigenvalue weighted by atomic mass is 9.85. The van der Waals surface area contributed by atoms with Crippen LogP contribution in [0.2, 0.25) is 0 Å². The van der Waals surface area contributed by atoms with Crippen LogP contribution in [0, 0.1) is 5.92 Å². The molecule has 1 atom stereocenters. The highest BCUT2D eigenvalue weighted by Gasteiger charge is 2.32. The number of rotatable bonds is 8. The molecule has 2 aromatic rings. The number of nitrogens with one attached hydrogen (secondary N) is 1. The summed E-state index contributed by atoms with van der Waals surface area (Å²) in [6.45, 7) is 4.02. The molecular weight excluding hydrogens is 348 g/mol. The molecule has 150 valence electrons. The first-order valence-corrected chi connectivity index (χ1v) is 10.4. The summed E-state index contributed by atoms with van der Waals surface area (Å²) in [7, 11) is 1.67. The van der Waals surface area contributed by atoms with Crippen molar-refractivity contribution in [3.05, 3.63) is 60.2 Å². The average molecular weight is 381 g/mol. The zero-order chi connectivity index (χ0) is 19.8. The number of nitrogens with zero attached hydrogens (tertiary/aromatic N) is 1. The molecule has 1 fully saturated rings. The van der Waals surface area contributed by atoms with Crippen LogP contribution in [0.5, 0.6) is 5.75 Å². The van der Waals surface area contributed by atoms with Crippen molar-refractivity contribution in [3.63, 3.8) is 0 Å². The molecule has 0 radical (unpaired) electrons. The third kappa shape index (κ3) is 5.14. The zero-order valence-corrected chi connectivity index (χ0v) is 17.1. The summed E-state index contributed by atoms with van der Waals surface area (Å²) >= 11 is 0. The molecule has 1 amide bonds. The highest BCUT2D eigenvalue weighted by Crippen LogP contribution is 2.31. The first kappa shape index (κ1) is 20.4. The maximum Gasteiger partial charge on any atom is 0.226 e. The van der Waals surface area contributed by atoms with Gasteiger partial charge in [0.2, 0.25) is 5.91 Å². The number of carbonyl (C=O) groups is 1.